The SMILES string of the molecule is CCOc1ccccc1NC(=O)N[C@H](Cc1ccccc1)C(=O)N1CCc2ccccc21. The highest BCUT2D eigenvalue weighted by Crippen LogP contribution is 2.28. The van der Waals surface area contributed by atoms with Gasteiger partial charge < -0.3 is 20.3 Å². The Morgan fingerprint density at radius 2 is 1.69 bits per heavy atom. The quantitative estimate of drug-likeness (QED) is 0.585. The molecule has 0 spiro atoms. The molecule has 4 rings (SSSR count). The fourth-order valence-corrected chi connectivity index (χ4v) is 3.97. The van der Waals surface area contributed by atoms with Gasteiger partial charge in [0.15, 0.2) is 0 Å². The van der Waals surface area contributed by atoms with Crippen LogP contribution in [0.25, 0.3) is 0 Å². The highest BCUT2D eigenvalue weighted by Gasteiger charge is 2.31. The van der Waals surface area contributed by atoms with Crippen LogP contribution >= 0.6 is 0 Å². The normalized spacial score (nSPS) is 13.2. The zero-order valence-corrected chi connectivity index (χ0v) is 18.1. The molecule has 6 heteroatoms. The van der Waals surface area contributed by atoms with Crippen molar-refractivity contribution in [2.24, 2.45) is 0 Å². The molecule has 0 bridgehead atoms. The third-order valence-electron chi connectivity index (χ3n) is 5.47. The molecule has 1 atom stereocenters. The van der Waals surface area contributed by atoms with E-state index in [-0.39, 0.29) is 5.91 Å². The molecule has 0 saturated carbocycles. The van der Waals surface area contributed by atoms with Crippen LogP contribution < -0.4 is 20.3 Å². The fourth-order valence-electron chi connectivity index (χ4n) is 3.97. The average Bonchev–Trinajstić information content (AvgIpc) is 3.24. The van der Waals surface area contributed by atoms with Crippen molar-refractivity contribution in [1.82, 2.24) is 5.32 Å². The fraction of sp³-hybridized carbons (Fsp3) is 0.231. The first-order chi connectivity index (χ1) is 15.7. The van der Waals surface area contributed by atoms with E-state index in [0.29, 0.717) is 31.0 Å². The Morgan fingerprint density at radius 1 is 0.969 bits per heavy atom. The molecule has 0 unspecified atom stereocenters. The molecule has 0 aromatic heterocycles. The monoisotopic (exact) mass is 429 g/mol. The highest BCUT2D eigenvalue weighted by molar-refractivity contribution is 6.02. The van der Waals surface area contributed by atoms with Gasteiger partial charge in [-0.05, 0) is 42.7 Å². The summed E-state index contributed by atoms with van der Waals surface area (Å²) in [5.74, 6) is 0.469. The van der Waals surface area contributed by atoms with E-state index in [4.69, 9.17) is 4.74 Å². The molecule has 2 N–H and O–H groups in total. The molecule has 3 aromatic rings. The molecule has 0 fully saturated rings. The molecule has 1 heterocycles. The second kappa shape index (κ2) is 10.0. The average molecular weight is 430 g/mol. The van der Waals surface area contributed by atoms with Crippen LogP contribution in [0.15, 0.2) is 78.9 Å². The molecule has 0 aliphatic carbocycles. The molecule has 3 amide bonds. The van der Waals surface area contributed by atoms with E-state index in [1.807, 2.05) is 73.7 Å². The molecule has 32 heavy (non-hydrogen) atoms. The van der Waals surface area contributed by atoms with E-state index in [9.17, 15) is 9.59 Å². The van der Waals surface area contributed by atoms with Crippen LogP contribution in [0.2, 0.25) is 0 Å². The number of hydrogen-bond acceptors (Lipinski definition) is 3. The molecular weight excluding hydrogens is 402 g/mol. The zero-order chi connectivity index (χ0) is 22.3. The summed E-state index contributed by atoms with van der Waals surface area (Å²) in [6.45, 7) is 2.99. The van der Waals surface area contributed by atoms with Gasteiger partial charge in [-0.2, -0.15) is 0 Å². The lowest BCUT2D eigenvalue weighted by atomic mass is 10.0. The second-order valence-electron chi connectivity index (χ2n) is 7.64. The van der Waals surface area contributed by atoms with Gasteiger partial charge in [-0.1, -0.05) is 60.7 Å². The first kappa shape index (κ1) is 21.4. The number of ether oxygens (including phenoxy) is 1. The lowest BCUT2D eigenvalue weighted by Gasteiger charge is -2.25. The highest BCUT2D eigenvalue weighted by atomic mass is 16.5. The van der Waals surface area contributed by atoms with E-state index < -0.39 is 12.1 Å². The number of nitrogens with one attached hydrogen (secondary N) is 2. The summed E-state index contributed by atoms with van der Waals surface area (Å²) in [5, 5.41) is 5.72. The number of carbonyl (C=O) groups excluding carboxylic acids is 2. The van der Waals surface area contributed by atoms with Crippen LogP contribution in [0, 0.1) is 0 Å². The van der Waals surface area contributed by atoms with E-state index in [2.05, 4.69) is 10.6 Å². The maximum atomic E-state index is 13.5. The topological polar surface area (TPSA) is 70.7 Å². The zero-order valence-electron chi connectivity index (χ0n) is 18.1. The third-order valence-corrected chi connectivity index (χ3v) is 5.47. The van der Waals surface area contributed by atoms with Gasteiger partial charge in [0.1, 0.15) is 11.8 Å². The molecule has 6 nitrogen and oxygen atoms in total. The van der Waals surface area contributed by atoms with Crippen LogP contribution in [-0.2, 0) is 17.6 Å². The minimum absolute atomic E-state index is 0.118. The van der Waals surface area contributed by atoms with Crippen molar-refractivity contribution < 1.29 is 14.3 Å². The van der Waals surface area contributed by atoms with Crippen LogP contribution in [0.4, 0.5) is 16.2 Å². The number of amides is 3. The number of fused-ring (bicyclic) bond motifs is 1. The molecule has 0 saturated heterocycles. The van der Waals surface area contributed by atoms with E-state index in [1.54, 1.807) is 17.0 Å². The number of rotatable bonds is 7. The van der Waals surface area contributed by atoms with Crippen LogP contribution in [0.1, 0.15) is 18.1 Å². The lowest BCUT2D eigenvalue weighted by molar-refractivity contribution is -0.120. The first-order valence-electron chi connectivity index (χ1n) is 10.9. The summed E-state index contributed by atoms with van der Waals surface area (Å²) in [6.07, 6.45) is 1.22. The number of urea groups is 1. The number of nitrogens with zero attached hydrogens (tertiary/aromatic N) is 1. The number of benzene rings is 3. The van der Waals surface area contributed by atoms with Gasteiger partial charge in [-0.25, -0.2) is 4.79 Å². The lowest BCUT2D eigenvalue weighted by Crippen LogP contribution is -2.50. The summed E-state index contributed by atoms with van der Waals surface area (Å²) >= 11 is 0. The molecule has 3 aromatic carbocycles. The van der Waals surface area contributed by atoms with Crippen molar-refractivity contribution in [3.8, 4) is 5.75 Å². The Bertz CT molecular complexity index is 1080. The minimum atomic E-state index is -0.706. The third kappa shape index (κ3) is 4.91. The molecule has 164 valence electrons. The Balaban J connectivity index is 1.53. The summed E-state index contributed by atoms with van der Waals surface area (Å²) in [6, 6.07) is 23.7. The summed E-state index contributed by atoms with van der Waals surface area (Å²) in [4.78, 5) is 28.2. The number of para-hydroxylation sites is 3. The number of hydrogen-bond donors (Lipinski definition) is 2. The van der Waals surface area contributed by atoms with Gasteiger partial charge in [0.05, 0.1) is 12.3 Å². The maximum absolute atomic E-state index is 13.5. The molecule has 1 aliphatic heterocycles. The van der Waals surface area contributed by atoms with E-state index in [0.717, 1.165) is 23.2 Å². The van der Waals surface area contributed by atoms with Crippen LogP contribution in [0.5, 0.6) is 5.75 Å². The summed E-state index contributed by atoms with van der Waals surface area (Å²) in [7, 11) is 0. The van der Waals surface area contributed by atoms with Crippen molar-refractivity contribution >= 4 is 23.3 Å². The Hall–Kier alpha value is -3.80. The van der Waals surface area contributed by atoms with Crippen molar-refractivity contribution in [3.63, 3.8) is 0 Å². The standard InChI is InChI=1S/C26H27N3O3/c1-2-32-24-15-9-7-13-21(24)27-26(31)28-22(18-19-10-4-3-5-11-19)25(30)29-17-16-20-12-6-8-14-23(20)29/h3-15,22H,2,16-18H2,1H3,(H2,27,28,31)/t22-/m1/s1. The van der Waals surface area contributed by atoms with Crippen molar-refractivity contribution in [2.45, 2.75) is 25.8 Å². The first-order valence-corrected chi connectivity index (χ1v) is 10.9. The molecular formula is C26H27N3O3. The number of carbonyl (C=O) groups is 2. The van der Waals surface area contributed by atoms with Gasteiger partial charge in [-0.3, -0.25) is 4.79 Å². The smallest absolute Gasteiger partial charge is 0.320 e. The van der Waals surface area contributed by atoms with E-state index in [1.165, 1.54) is 0 Å². The Labute approximate surface area is 188 Å². The van der Waals surface area contributed by atoms with E-state index >= 15 is 0 Å². The molecule has 1 aliphatic rings. The van der Waals surface area contributed by atoms with Crippen molar-refractivity contribution in [3.05, 3.63) is 90.0 Å². The van der Waals surface area contributed by atoms with Gasteiger partial charge in [0, 0.05) is 18.7 Å². The van der Waals surface area contributed by atoms with Crippen LogP contribution in [0.3, 0.4) is 0 Å². The van der Waals surface area contributed by atoms with Crippen molar-refractivity contribution in [2.75, 3.05) is 23.4 Å². The van der Waals surface area contributed by atoms with Crippen LogP contribution in [-0.4, -0.2) is 31.1 Å². The maximum Gasteiger partial charge on any atom is 0.320 e. The largest absolute Gasteiger partial charge is 0.492 e. The minimum Gasteiger partial charge on any atom is -0.492 e. The van der Waals surface area contributed by atoms with Crippen molar-refractivity contribution in [1.29, 1.82) is 0 Å². The van der Waals surface area contributed by atoms with Gasteiger partial charge in [-0.15, -0.1) is 0 Å². The Morgan fingerprint density at radius 3 is 2.50 bits per heavy atom. The summed E-state index contributed by atoms with van der Waals surface area (Å²) < 4.78 is 5.59. The second-order valence-corrected chi connectivity index (χ2v) is 7.64. The van der Waals surface area contributed by atoms with Gasteiger partial charge in [0.25, 0.3) is 0 Å². The predicted octanol–water partition coefficient (Wildman–Crippen LogP) is 4.41. The predicted molar refractivity (Wildman–Crippen MR) is 126 cm³/mol. The molecule has 0 radical (unpaired) electrons. The van der Waals surface area contributed by atoms with Gasteiger partial charge in [0.2, 0.25) is 5.91 Å². The summed E-state index contributed by atoms with van der Waals surface area (Å²) in [5.41, 5.74) is 3.60. The number of anilines is 2. The Kier molecular flexibility index (Phi) is 6.70. The van der Waals surface area contributed by atoms with Gasteiger partial charge >= 0.3 is 6.03 Å².